The Bertz CT molecular complexity index is 327. The van der Waals surface area contributed by atoms with Gasteiger partial charge in [-0.2, -0.15) is 8.42 Å². The van der Waals surface area contributed by atoms with Gasteiger partial charge in [0.2, 0.25) is 0 Å². The lowest BCUT2D eigenvalue weighted by Crippen LogP contribution is -2.35. The first kappa shape index (κ1) is 9.05. The van der Waals surface area contributed by atoms with Crippen molar-refractivity contribution in [3.8, 4) is 0 Å². The molecule has 0 radical (unpaired) electrons. The summed E-state index contributed by atoms with van der Waals surface area (Å²) in [5, 5.41) is 0. The summed E-state index contributed by atoms with van der Waals surface area (Å²) in [5.74, 6) is -0.616. The molecule has 1 amide bonds. The molecule has 0 atom stereocenters. The van der Waals surface area contributed by atoms with Crippen molar-refractivity contribution in [1.82, 2.24) is 4.72 Å². The van der Waals surface area contributed by atoms with Crippen LogP contribution in [0.5, 0.6) is 0 Å². The van der Waals surface area contributed by atoms with Crippen molar-refractivity contribution in [2.24, 2.45) is 5.92 Å². The first-order chi connectivity index (χ1) is 5.41. The van der Waals surface area contributed by atoms with Crippen LogP contribution in [-0.2, 0) is 19.3 Å². The van der Waals surface area contributed by atoms with Gasteiger partial charge in [-0.1, -0.05) is 13.8 Å². The number of carbonyl (C=O) groups is 1. The van der Waals surface area contributed by atoms with E-state index in [1.807, 2.05) is 0 Å². The van der Waals surface area contributed by atoms with Crippen LogP contribution in [0.4, 0.5) is 0 Å². The highest BCUT2D eigenvalue weighted by Gasteiger charge is 2.24. The fourth-order valence-electron chi connectivity index (χ4n) is 0.716. The monoisotopic (exact) mass is 191 g/mol. The third kappa shape index (κ3) is 1.97. The summed E-state index contributed by atoms with van der Waals surface area (Å²) in [7, 11) is -3.89. The molecule has 0 aromatic heterocycles. The van der Waals surface area contributed by atoms with Crippen molar-refractivity contribution in [2.45, 2.75) is 13.8 Å². The summed E-state index contributed by atoms with van der Waals surface area (Å²) in [6.07, 6.45) is 1.13. The molecule has 1 heterocycles. The molecular formula is C6H9NO4S. The van der Waals surface area contributed by atoms with Crippen LogP contribution in [0.2, 0.25) is 0 Å². The standard InChI is InChI=1S/C6H9NO4S/c1-4(2)5-3-6(8)7-12(9,10)11-5/h3-4H,1-2H3,(H,7,8). The second kappa shape index (κ2) is 2.78. The molecular weight excluding hydrogens is 182 g/mol. The molecule has 6 heteroatoms. The lowest BCUT2D eigenvalue weighted by molar-refractivity contribution is -0.115. The summed E-state index contributed by atoms with van der Waals surface area (Å²) in [6.45, 7) is 3.47. The summed E-state index contributed by atoms with van der Waals surface area (Å²) in [4.78, 5) is 10.7. The lowest BCUT2D eigenvalue weighted by atomic mass is 10.2. The van der Waals surface area contributed by atoms with E-state index in [1.54, 1.807) is 18.6 Å². The highest BCUT2D eigenvalue weighted by Crippen LogP contribution is 2.16. The quantitative estimate of drug-likeness (QED) is 0.629. The maximum atomic E-state index is 10.8. The molecule has 0 spiro atoms. The van der Waals surface area contributed by atoms with Gasteiger partial charge in [0.15, 0.2) is 0 Å². The summed E-state index contributed by atoms with van der Waals surface area (Å²) < 4.78 is 27.7. The molecule has 0 aromatic carbocycles. The van der Waals surface area contributed by atoms with E-state index in [0.29, 0.717) is 0 Å². The van der Waals surface area contributed by atoms with E-state index in [2.05, 4.69) is 4.18 Å². The van der Waals surface area contributed by atoms with Crippen molar-refractivity contribution in [3.63, 3.8) is 0 Å². The minimum Gasteiger partial charge on any atom is -0.371 e. The summed E-state index contributed by atoms with van der Waals surface area (Å²) in [5.41, 5.74) is 0. The van der Waals surface area contributed by atoms with E-state index < -0.39 is 16.2 Å². The van der Waals surface area contributed by atoms with Crippen molar-refractivity contribution in [2.75, 3.05) is 0 Å². The van der Waals surface area contributed by atoms with E-state index in [1.165, 1.54) is 0 Å². The van der Waals surface area contributed by atoms with Gasteiger partial charge < -0.3 is 4.18 Å². The van der Waals surface area contributed by atoms with Gasteiger partial charge in [-0.15, -0.1) is 0 Å². The van der Waals surface area contributed by atoms with Gasteiger partial charge in [-0.25, -0.2) is 4.72 Å². The number of allylic oxidation sites excluding steroid dienone is 1. The molecule has 0 unspecified atom stereocenters. The second-order valence-corrected chi connectivity index (χ2v) is 3.98. The summed E-state index contributed by atoms with van der Waals surface area (Å²) >= 11 is 0. The molecule has 0 bridgehead atoms. The zero-order chi connectivity index (χ0) is 9.35. The first-order valence-corrected chi connectivity index (χ1v) is 4.79. The van der Waals surface area contributed by atoms with Gasteiger partial charge in [0, 0.05) is 12.0 Å². The zero-order valence-corrected chi connectivity index (χ0v) is 7.51. The molecule has 1 aliphatic heterocycles. The van der Waals surface area contributed by atoms with Crippen LogP contribution >= 0.6 is 0 Å². The molecule has 0 aromatic rings. The molecule has 1 N–H and O–H groups in total. The molecule has 5 nitrogen and oxygen atoms in total. The molecule has 0 fully saturated rings. The minimum absolute atomic E-state index is 0.120. The third-order valence-electron chi connectivity index (χ3n) is 1.27. The Kier molecular flexibility index (Phi) is 2.10. The predicted octanol–water partition coefficient (Wildman–Crippen LogP) is -0.0825. The van der Waals surface area contributed by atoms with E-state index in [0.717, 1.165) is 6.08 Å². The van der Waals surface area contributed by atoms with Crippen molar-refractivity contribution in [1.29, 1.82) is 0 Å². The van der Waals surface area contributed by atoms with Crippen molar-refractivity contribution < 1.29 is 17.4 Å². The molecule has 1 rings (SSSR count). The third-order valence-corrected chi connectivity index (χ3v) is 2.14. The average molecular weight is 191 g/mol. The first-order valence-electron chi connectivity index (χ1n) is 3.38. The Hall–Kier alpha value is -1.04. The minimum atomic E-state index is -3.89. The largest absolute Gasteiger partial charge is 0.409 e. The Morgan fingerprint density at radius 2 is 2.08 bits per heavy atom. The molecule has 0 saturated heterocycles. The fourth-order valence-corrected chi connectivity index (χ4v) is 1.56. The maximum Gasteiger partial charge on any atom is 0.409 e. The van der Waals surface area contributed by atoms with Crippen molar-refractivity contribution >= 4 is 16.2 Å². The van der Waals surface area contributed by atoms with Crippen molar-refractivity contribution in [3.05, 3.63) is 11.8 Å². The normalized spacial score (nSPS) is 21.2. The molecule has 0 aliphatic carbocycles. The van der Waals surface area contributed by atoms with E-state index in [-0.39, 0.29) is 11.7 Å². The number of nitrogens with one attached hydrogen (secondary N) is 1. The fraction of sp³-hybridized carbons (Fsp3) is 0.500. The Morgan fingerprint density at radius 1 is 1.50 bits per heavy atom. The van der Waals surface area contributed by atoms with Crippen LogP contribution < -0.4 is 4.72 Å². The van der Waals surface area contributed by atoms with Gasteiger partial charge in [0.05, 0.1) is 0 Å². The van der Waals surface area contributed by atoms with Gasteiger partial charge in [-0.05, 0) is 0 Å². The van der Waals surface area contributed by atoms with Gasteiger partial charge >= 0.3 is 10.3 Å². The average Bonchev–Trinajstić information content (AvgIpc) is 1.82. The second-order valence-electron chi connectivity index (χ2n) is 2.71. The zero-order valence-electron chi connectivity index (χ0n) is 6.70. The van der Waals surface area contributed by atoms with Crippen LogP contribution in [0.25, 0.3) is 0 Å². The number of hydrogen-bond donors (Lipinski definition) is 1. The Labute approximate surface area is 70.7 Å². The number of carbonyl (C=O) groups excluding carboxylic acids is 1. The maximum absolute atomic E-state index is 10.8. The van der Waals surface area contributed by atoms with Crippen LogP contribution in [-0.4, -0.2) is 14.3 Å². The van der Waals surface area contributed by atoms with Crippen LogP contribution in [0.1, 0.15) is 13.8 Å². The smallest absolute Gasteiger partial charge is 0.371 e. The lowest BCUT2D eigenvalue weighted by Gasteiger charge is -2.16. The number of rotatable bonds is 1. The highest BCUT2D eigenvalue weighted by atomic mass is 32.2. The highest BCUT2D eigenvalue weighted by molar-refractivity contribution is 7.85. The molecule has 1 aliphatic rings. The van der Waals surface area contributed by atoms with Gasteiger partial charge in [-0.3, -0.25) is 4.79 Å². The van der Waals surface area contributed by atoms with Crippen LogP contribution in [0.15, 0.2) is 11.8 Å². The van der Waals surface area contributed by atoms with Crippen LogP contribution in [0.3, 0.4) is 0 Å². The number of amides is 1. The molecule has 0 saturated carbocycles. The van der Waals surface area contributed by atoms with Crippen LogP contribution in [0, 0.1) is 5.92 Å². The van der Waals surface area contributed by atoms with E-state index >= 15 is 0 Å². The topological polar surface area (TPSA) is 72.5 Å². The molecule has 12 heavy (non-hydrogen) atoms. The Morgan fingerprint density at radius 3 is 2.50 bits per heavy atom. The van der Waals surface area contributed by atoms with E-state index in [9.17, 15) is 13.2 Å². The Balaban J connectivity index is 2.99. The van der Waals surface area contributed by atoms with Gasteiger partial charge in [0.25, 0.3) is 5.91 Å². The summed E-state index contributed by atoms with van der Waals surface area (Å²) in [6, 6.07) is 0. The van der Waals surface area contributed by atoms with E-state index in [4.69, 9.17) is 0 Å². The molecule has 68 valence electrons. The van der Waals surface area contributed by atoms with Gasteiger partial charge in [0.1, 0.15) is 5.76 Å². The SMILES string of the molecule is CC(C)C1=CC(=O)NS(=O)(=O)O1. The number of hydrogen-bond acceptors (Lipinski definition) is 4. The predicted molar refractivity (Wildman–Crippen MR) is 41.1 cm³/mol.